The highest BCUT2D eigenvalue weighted by atomic mass is 16.6. The smallest absolute Gasteiger partial charge is 0.343 e. The van der Waals surface area contributed by atoms with Crippen molar-refractivity contribution in [3.8, 4) is 23.0 Å². The number of para-hydroxylation sites is 1. The summed E-state index contributed by atoms with van der Waals surface area (Å²) in [7, 11) is 2.74. The average molecular weight is 412 g/mol. The van der Waals surface area contributed by atoms with Crippen LogP contribution in [0.15, 0.2) is 45.6 Å². The van der Waals surface area contributed by atoms with Gasteiger partial charge in [-0.05, 0) is 29.8 Å². The highest BCUT2D eigenvalue weighted by Crippen LogP contribution is 2.45. The molecule has 0 amide bonds. The van der Waals surface area contributed by atoms with Crippen molar-refractivity contribution >= 4 is 16.9 Å². The van der Waals surface area contributed by atoms with Crippen molar-refractivity contribution in [3.63, 3.8) is 0 Å². The second-order valence-electron chi connectivity index (χ2n) is 6.73. The van der Waals surface area contributed by atoms with E-state index >= 15 is 0 Å². The van der Waals surface area contributed by atoms with Crippen molar-refractivity contribution in [3.05, 3.63) is 57.9 Å². The van der Waals surface area contributed by atoms with Crippen molar-refractivity contribution in [1.82, 2.24) is 0 Å². The normalized spacial score (nSPS) is 13.7. The fourth-order valence-electron chi connectivity index (χ4n) is 3.59. The SMILES string of the molecule is COC(=O)C[C@@H](c1cc(OC)c2c(c1)OCCO2)c1c(O)c2ccccc2oc1=O. The van der Waals surface area contributed by atoms with E-state index in [-0.39, 0.29) is 23.3 Å². The molecule has 0 spiro atoms. The zero-order chi connectivity index (χ0) is 21.3. The van der Waals surface area contributed by atoms with Gasteiger partial charge in [0.1, 0.15) is 24.5 Å². The fourth-order valence-corrected chi connectivity index (χ4v) is 3.59. The number of carbonyl (C=O) groups excluding carboxylic acids is 1. The minimum Gasteiger partial charge on any atom is -0.507 e. The molecular weight excluding hydrogens is 392 g/mol. The van der Waals surface area contributed by atoms with Gasteiger partial charge in [0.05, 0.1) is 31.6 Å². The van der Waals surface area contributed by atoms with E-state index in [0.29, 0.717) is 41.4 Å². The van der Waals surface area contributed by atoms with Gasteiger partial charge >= 0.3 is 11.6 Å². The molecule has 0 radical (unpaired) electrons. The molecule has 8 heteroatoms. The van der Waals surface area contributed by atoms with Crippen LogP contribution < -0.4 is 19.8 Å². The van der Waals surface area contributed by atoms with Gasteiger partial charge in [-0.2, -0.15) is 0 Å². The van der Waals surface area contributed by atoms with E-state index < -0.39 is 17.5 Å². The van der Waals surface area contributed by atoms with Crippen molar-refractivity contribution < 1.29 is 33.3 Å². The molecule has 2 aromatic carbocycles. The first kappa shape index (κ1) is 19.6. The molecule has 0 bridgehead atoms. The van der Waals surface area contributed by atoms with Gasteiger partial charge in [-0.3, -0.25) is 4.79 Å². The van der Waals surface area contributed by atoms with Crippen molar-refractivity contribution in [1.29, 1.82) is 0 Å². The van der Waals surface area contributed by atoms with E-state index in [9.17, 15) is 14.7 Å². The maximum atomic E-state index is 12.8. The Morgan fingerprint density at radius 1 is 1.17 bits per heavy atom. The Bertz CT molecular complexity index is 1150. The lowest BCUT2D eigenvalue weighted by Crippen LogP contribution is -2.20. The molecule has 8 nitrogen and oxygen atoms in total. The van der Waals surface area contributed by atoms with Crippen LogP contribution in [0.3, 0.4) is 0 Å². The molecule has 3 aromatic rings. The molecule has 0 fully saturated rings. The third-order valence-corrected chi connectivity index (χ3v) is 5.02. The number of hydrogen-bond donors (Lipinski definition) is 1. The van der Waals surface area contributed by atoms with Gasteiger partial charge in [0.25, 0.3) is 0 Å². The molecule has 30 heavy (non-hydrogen) atoms. The van der Waals surface area contributed by atoms with Gasteiger partial charge in [-0.1, -0.05) is 12.1 Å². The monoisotopic (exact) mass is 412 g/mol. The van der Waals surface area contributed by atoms with Gasteiger partial charge in [0.2, 0.25) is 5.75 Å². The van der Waals surface area contributed by atoms with E-state index in [2.05, 4.69) is 0 Å². The standard InChI is InChI=1S/C22H20O8/c1-26-16-9-12(10-17-21(16)29-8-7-28-17)14(11-18(23)27-2)19-20(24)13-5-3-4-6-15(13)30-22(19)25/h3-6,9-10,14,24H,7-8,11H2,1-2H3/t14-/m0/s1. The van der Waals surface area contributed by atoms with E-state index in [1.54, 1.807) is 36.4 Å². The van der Waals surface area contributed by atoms with Gasteiger partial charge in [0, 0.05) is 5.92 Å². The summed E-state index contributed by atoms with van der Waals surface area (Å²) >= 11 is 0. The first-order valence-corrected chi connectivity index (χ1v) is 9.32. The third-order valence-electron chi connectivity index (χ3n) is 5.02. The van der Waals surface area contributed by atoms with Crippen molar-refractivity contribution in [2.75, 3.05) is 27.4 Å². The van der Waals surface area contributed by atoms with Crippen LogP contribution in [0.4, 0.5) is 0 Å². The zero-order valence-corrected chi connectivity index (χ0v) is 16.5. The molecule has 0 saturated heterocycles. The molecule has 1 N–H and O–H groups in total. The van der Waals surface area contributed by atoms with Crippen LogP contribution in [0.1, 0.15) is 23.5 Å². The van der Waals surface area contributed by atoms with E-state index in [1.807, 2.05) is 0 Å². The summed E-state index contributed by atoms with van der Waals surface area (Å²) in [6, 6.07) is 9.95. The van der Waals surface area contributed by atoms with E-state index in [0.717, 1.165) is 0 Å². The maximum Gasteiger partial charge on any atom is 0.343 e. The second kappa shape index (κ2) is 7.98. The van der Waals surface area contributed by atoms with E-state index in [1.165, 1.54) is 14.2 Å². The molecule has 1 aromatic heterocycles. The Kier molecular flexibility index (Phi) is 5.22. The number of benzene rings is 2. The summed E-state index contributed by atoms with van der Waals surface area (Å²) in [5, 5.41) is 11.3. The Morgan fingerprint density at radius 3 is 2.70 bits per heavy atom. The number of methoxy groups -OCH3 is 2. The van der Waals surface area contributed by atoms with E-state index in [4.69, 9.17) is 23.4 Å². The van der Waals surface area contributed by atoms with Gasteiger partial charge < -0.3 is 28.5 Å². The predicted octanol–water partition coefficient (Wildman–Crippen LogP) is 2.97. The van der Waals surface area contributed by atoms with Gasteiger partial charge in [-0.15, -0.1) is 0 Å². The minimum absolute atomic E-state index is 0.0437. The van der Waals surface area contributed by atoms with Crippen LogP contribution in [0.25, 0.3) is 11.0 Å². The van der Waals surface area contributed by atoms with Crippen LogP contribution in [0, 0.1) is 0 Å². The summed E-state index contributed by atoms with van der Waals surface area (Å²) in [6.07, 6.45) is -0.198. The van der Waals surface area contributed by atoms with Crippen molar-refractivity contribution in [2.24, 2.45) is 0 Å². The lowest BCUT2D eigenvalue weighted by Gasteiger charge is -2.24. The topological polar surface area (TPSA) is 104 Å². The number of aromatic hydroxyl groups is 1. The lowest BCUT2D eigenvalue weighted by atomic mass is 9.87. The molecular formula is C22H20O8. The highest BCUT2D eigenvalue weighted by molar-refractivity contribution is 5.85. The Labute approximate surface area is 171 Å². The zero-order valence-electron chi connectivity index (χ0n) is 16.5. The number of carbonyl (C=O) groups is 1. The minimum atomic E-state index is -0.858. The Hall–Kier alpha value is -3.68. The Morgan fingerprint density at radius 2 is 1.93 bits per heavy atom. The molecule has 2 heterocycles. The summed E-state index contributed by atoms with van der Waals surface area (Å²) < 4.78 is 26.9. The first-order chi connectivity index (χ1) is 14.5. The quantitative estimate of drug-likeness (QED) is 0.504. The summed E-state index contributed by atoms with van der Waals surface area (Å²) in [6.45, 7) is 0.730. The Balaban J connectivity index is 1.94. The first-order valence-electron chi connectivity index (χ1n) is 9.32. The van der Waals surface area contributed by atoms with Gasteiger partial charge in [-0.25, -0.2) is 4.79 Å². The van der Waals surface area contributed by atoms with Crippen LogP contribution >= 0.6 is 0 Å². The van der Waals surface area contributed by atoms with Crippen LogP contribution in [0.2, 0.25) is 0 Å². The average Bonchev–Trinajstić information content (AvgIpc) is 2.77. The molecule has 1 aliphatic heterocycles. The summed E-state index contributed by atoms with van der Waals surface area (Å²) in [5.41, 5.74) is -0.0218. The van der Waals surface area contributed by atoms with Crippen LogP contribution in [0.5, 0.6) is 23.0 Å². The maximum absolute atomic E-state index is 12.8. The summed E-state index contributed by atoms with van der Waals surface area (Å²) in [4.78, 5) is 25.0. The molecule has 156 valence electrons. The van der Waals surface area contributed by atoms with Crippen LogP contribution in [-0.2, 0) is 9.53 Å². The number of fused-ring (bicyclic) bond motifs is 2. The third kappa shape index (κ3) is 3.41. The van der Waals surface area contributed by atoms with Gasteiger partial charge in [0.15, 0.2) is 11.5 Å². The molecule has 0 unspecified atom stereocenters. The number of ether oxygens (including phenoxy) is 4. The second-order valence-corrected chi connectivity index (χ2v) is 6.73. The highest BCUT2D eigenvalue weighted by Gasteiger charge is 2.30. The number of rotatable bonds is 5. The fraction of sp³-hybridized carbons (Fsp3) is 0.273. The molecule has 0 saturated carbocycles. The number of esters is 1. The number of hydrogen-bond acceptors (Lipinski definition) is 8. The lowest BCUT2D eigenvalue weighted by molar-refractivity contribution is -0.140. The molecule has 4 rings (SSSR count). The molecule has 0 aliphatic carbocycles. The molecule has 1 aliphatic rings. The van der Waals surface area contributed by atoms with Crippen molar-refractivity contribution in [2.45, 2.75) is 12.3 Å². The summed E-state index contributed by atoms with van der Waals surface area (Å²) in [5.74, 6) is -0.399. The van der Waals surface area contributed by atoms with Crippen LogP contribution in [-0.4, -0.2) is 38.5 Å². The predicted molar refractivity (Wildman–Crippen MR) is 107 cm³/mol. The molecule has 1 atom stereocenters. The largest absolute Gasteiger partial charge is 0.507 e.